The summed E-state index contributed by atoms with van der Waals surface area (Å²) in [6.45, 7) is 0. The van der Waals surface area contributed by atoms with Gasteiger partial charge in [-0.3, -0.25) is 0 Å². The third-order valence-corrected chi connectivity index (χ3v) is 7.19. The van der Waals surface area contributed by atoms with Crippen LogP contribution in [0.4, 0.5) is 5.69 Å². The van der Waals surface area contributed by atoms with Crippen LogP contribution in [0.2, 0.25) is 0 Å². The molecule has 4 nitrogen and oxygen atoms in total. The Morgan fingerprint density at radius 3 is 2.03 bits per heavy atom. The van der Waals surface area contributed by atoms with Gasteiger partial charge in [0.15, 0.2) is 6.20 Å². The number of para-hydroxylation sites is 3. The van der Waals surface area contributed by atoms with Crippen LogP contribution < -0.4 is 9.47 Å². The quantitative estimate of drug-likeness (QED) is 0.255. The summed E-state index contributed by atoms with van der Waals surface area (Å²) in [4.78, 5) is 2.15. The Morgan fingerprint density at radius 1 is 0.694 bits per heavy atom. The smallest absolute Gasteiger partial charge is 0.258 e. The second-order valence-electron chi connectivity index (χ2n) is 9.59. The second-order valence-corrected chi connectivity index (χ2v) is 9.59. The number of benzene rings is 4. The molecule has 0 atom stereocenters. The number of aryl methyl sites for hydroxylation is 1. The topological polar surface area (TPSA) is 25.2 Å². The highest BCUT2D eigenvalue weighted by atomic mass is 16.3. The maximum Gasteiger partial charge on any atom is 0.258 e. The summed E-state index contributed by atoms with van der Waals surface area (Å²) >= 11 is 0. The van der Waals surface area contributed by atoms with Crippen LogP contribution in [-0.2, 0) is 7.05 Å². The molecule has 4 heteroatoms. The second kappa shape index (κ2) is 7.72. The van der Waals surface area contributed by atoms with Gasteiger partial charge in [-0.1, -0.05) is 48.5 Å². The lowest BCUT2D eigenvalue weighted by Crippen LogP contribution is -2.30. The van der Waals surface area contributed by atoms with E-state index in [1.54, 1.807) is 0 Å². The predicted octanol–water partition coefficient (Wildman–Crippen LogP) is 7.24. The van der Waals surface area contributed by atoms with Crippen LogP contribution >= 0.6 is 0 Å². The van der Waals surface area contributed by atoms with Crippen molar-refractivity contribution in [3.05, 3.63) is 103 Å². The van der Waals surface area contributed by atoms with Crippen LogP contribution in [-0.4, -0.2) is 18.7 Å². The molecule has 4 aromatic carbocycles. The first-order valence-corrected chi connectivity index (χ1v) is 12.2. The van der Waals surface area contributed by atoms with Gasteiger partial charge >= 0.3 is 0 Å². The van der Waals surface area contributed by atoms with Gasteiger partial charge in [0, 0.05) is 42.0 Å². The van der Waals surface area contributed by atoms with Crippen molar-refractivity contribution in [2.45, 2.75) is 0 Å². The molecule has 0 aliphatic heterocycles. The number of aromatic nitrogens is 2. The average molecular weight is 469 g/mol. The van der Waals surface area contributed by atoms with Gasteiger partial charge in [-0.05, 0) is 47.9 Å². The van der Waals surface area contributed by atoms with Gasteiger partial charge in [-0.25, -0.2) is 0 Å². The zero-order chi connectivity index (χ0) is 24.4. The molecule has 0 aliphatic carbocycles. The summed E-state index contributed by atoms with van der Waals surface area (Å²) in [5.41, 5.74) is 6.65. The van der Waals surface area contributed by atoms with E-state index in [0.717, 1.165) is 39.2 Å². The number of hydrogen-bond acceptors (Lipinski definition) is 2. The largest absolute Gasteiger partial charge is 0.447 e. The highest BCUT2D eigenvalue weighted by molar-refractivity contribution is 6.10. The number of furan rings is 1. The standard InChI is InChI=1S/C32H26N3O/c1-33(2)30-26-12-6-9-15-29(26)36-32(30)31-23-17-16-22(20-21(23)18-19-34(31)3)35-27-13-7-4-10-24(27)25-11-5-8-14-28(25)35/h4-20H,1-3H3/q+1. The van der Waals surface area contributed by atoms with Gasteiger partial charge in [-0.15, -0.1) is 0 Å². The molecule has 0 unspecified atom stereocenters. The Bertz CT molecular complexity index is 1890. The normalized spacial score (nSPS) is 11.8. The minimum absolute atomic E-state index is 0.888. The van der Waals surface area contributed by atoms with Crippen LogP contribution in [0.25, 0.3) is 60.7 Å². The van der Waals surface area contributed by atoms with Gasteiger partial charge in [0.2, 0.25) is 5.76 Å². The van der Waals surface area contributed by atoms with E-state index >= 15 is 0 Å². The van der Waals surface area contributed by atoms with E-state index in [1.165, 1.54) is 27.2 Å². The fourth-order valence-electron chi connectivity index (χ4n) is 5.62. The third kappa shape index (κ3) is 2.91. The molecule has 36 heavy (non-hydrogen) atoms. The Balaban J connectivity index is 1.51. The van der Waals surface area contributed by atoms with Crippen LogP contribution in [0.3, 0.4) is 0 Å². The summed E-state index contributed by atoms with van der Waals surface area (Å²) < 4.78 is 11.0. The number of rotatable bonds is 3. The Labute approximate surface area is 209 Å². The van der Waals surface area contributed by atoms with Crippen molar-refractivity contribution in [3.8, 4) is 17.1 Å². The first-order chi connectivity index (χ1) is 17.6. The lowest BCUT2D eigenvalue weighted by atomic mass is 10.1. The molecule has 7 rings (SSSR count). The zero-order valence-corrected chi connectivity index (χ0v) is 20.6. The van der Waals surface area contributed by atoms with Crippen LogP contribution in [0.5, 0.6) is 0 Å². The zero-order valence-electron chi connectivity index (χ0n) is 20.6. The predicted molar refractivity (Wildman–Crippen MR) is 149 cm³/mol. The molecule has 0 fully saturated rings. The highest BCUT2D eigenvalue weighted by Crippen LogP contribution is 2.41. The molecule has 0 radical (unpaired) electrons. The molecule has 3 aromatic heterocycles. The van der Waals surface area contributed by atoms with Crippen LogP contribution in [0.15, 0.2) is 108 Å². The molecule has 0 spiro atoms. The van der Waals surface area contributed by atoms with E-state index in [2.05, 4.69) is 126 Å². The summed E-state index contributed by atoms with van der Waals surface area (Å²) in [6.07, 6.45) is 2.12. The van der Waals surface area contributed by atoms with Crippen molar-refractivity contribution in [1.29, 1.82) is 0 Å². The van der Waals surface area contributed by atoms with Crippen molar-refractivity contribution in [3.63, 3.8) is 0 Å². The first-order valence-electron chi connectivity index (χ1n) is 12.2. The molecular weight excluding hydrogens is 442 g/mol. The third-order valence-electron chi connectivity index (χ3n) is 7.19. The Morgan fingerprint density at radius 2 is 1.33 bits per heavy atom. The van der Waals surface area contributed by atoms with Crippen molar-refractivity contribution in [2.24, 2.45) is 7.05 Å². The van der Waals surface area contributed by atoms with Crippen molar-refractivity contribution in [2.75, 3.05) is 19.0 Å². The van der Waals surface area contributed by atoms with E-state index in [0.29, 0.717) is 0 Å². The molecule has 0 bridgehead atoms. The van der Waals surface area contributed by atoms with E-state index in [-0.39, 0.29) is 0 Å². The van der Waals surface area contributed by atoms with Gasteiger partial charge in [0.25, 0.3) is 5.69 Å². The van der Waals surface area contributed by atoms with E-state index in [1.807, 2.05) is 12.1 Å². The number of fused-ring (bicyclic) bond motifs is 5. The minimum atomic E-state index is 0.888. The fraction of sp³-hybridized carbons (Fsp3) is 0.0938. The lowest BCUT2D eigenvalue weighted by Gasteiger charge is -2.13. The number of hydrogen-bond donors (Lipinski definition) is 0. The number of pyridine rings is 1. The summed E-state index contributed by atoms with van der Waals surface area (Å²) in [6, 6.07) is 34.5. The molecule has 3 heterocycles. The molecule has 0 amide bonds. The number of anilines is 1. The maximum absolute atomic E-state index is 6.49. The van der Waals surface area contributed by atoms with E-state index in [9.17, 15) is 0 Å². The van der Waals surface area contributed by atoms with Gasteiger partial charge in [0.05, 0.1) is 22.1 Å². The summed E-state index contributed by atoms with van der Waals surface area (Å²) in [5.74, 6) is 0.888. The van der Waals surface area contributed by atoms with Gasteiger partial charge in [0.1, 0.15) is 12.6 Å². The molecule has 0 saturated carbocycles. The minimum Gasteiger partial charge on any atom is -0.447 e. The molecular formula is C32H26N3O+. The first kappa shape index (κ1) is 20.8. The van der Waals surface area contributed by atoms with Crippen LogP contribution in [0.1, 0.15) is 0 Å². The fourth-order valence-corrected chi connectivity index (χ4v) is 5.62. The molecule has 7 aromatic rings. The van der Waals surface area contributed by atoms with Gasteiger partial charge in [-0.2, -0.15) is 4.57 Å². The van der Waals surface area contributed by atoms with Gasteiger partial charge < -0.3 is 13.9 Å². The maximum atomic E-state index is 6.49. The van der Waals surface area contributed by atoms with Crippen LogP contribution in [0, 0.1) is 0 Å². The molecule has 0 aliphatic rings. The SMILES string of the molecule is CN(C)c1c(-c2c3ccc(-n4c5ccccc5c5ccccc54)cc3cc[n+]2C)oc2ccccc12. The molecule has 0 saturated heterocycles. The van der Waals surface area contributed by atoms with Crippen molar-refractivity contribution >= 4 is 49.2 Å². The summed E-state index contributed by atoms with van der Waals surface area (Å²) in [7, 11) is 6.24. The van der Waals surface area contributed by atoms with E-state index in [4.69, 9.17) is 4.42 Å². The highest BCUT2D eigenvalue weighted by Gasteiger charge is 2.26. The van der Waals surface area contributed by atoms with Crippen molar-refractivity contribution < 1.29 is 8.98 Å². The number of nitrogens with zero attached hydrogens (tertiary/aromatic N) is 3. The van der Waals surface area contributed by atoms with Crippen molar-refractivity contribution in [1.82, 2.24) is 4.57 Å². The van der Waals surface area contributed by atoms with E-state index < -0.39 is 0 Å². The molecule has 0 N–H and O–H groups in total. The molecule has 174 valence electrons. The lowest BCUT2D eigenvalue weighted by molar-refractivity contribution is -0.659. The summed E-state index contributed by atoms with van der Waals surface area (Å²) in [5, 5.41) is 5.99. The average Bonchev–Trinajstić information content (AvgIpc) is 3.44. The Hall–Kier alpha value is -4.57. The Kier molecular flexibility index (Phi) is 4.45. The monoisotopic (exact) mass is 468 g/mol.